The van der Waals surface area contributed by atoms with Crippen LogP contribution in [-0.4, -0.2) is 42.1 Å². The molecule has 2 aliphatic heterocycles. The van der Waals surface area contributed by atoms with Crippen LogP contribution >= 0.6 is 0 Å². The van der Waals surface area contributed by atoms with Crippen LogP contribution < -0.4 is 15.5 Å². The highest BCUT2D eigenvalue weighted by molar-refractivity contribution is 5.73. The van der Waals surface area contributed by atoms with Crippen LogP contribution in [0.15, 0.2) is 42.6 Å². The zero-order valence-corrected chi connectivity index (χ0v) is 19.4. The average Bonchev–Trinajstić information content (AvgIpc) is 2.84. The van der Waals surface area contributed by atoms with Gasteiger partial charge < -0.3 is 15.5 Å². The molecule has 0 bridgehead atoms. The SMILES string of the molecule is CC1CCN(Cc2ccc(CNC(=O)NCc3ccnc(N4CCCCC4)c3)cc2)CC1. The third-order valence-corrected chi connectivity index (χ3v) is 6.70. The number of urea groups is 1. The summed E-state index contributed by atoms with van der Waals surface area (Å²) in [6.07, 6.45) is 8.20. The summed E-state index contributed by atoms with van der Waals surface area (Å²) in [6, 6.07) is 12.5. The number of amides is 2. The van der Waals surface area contributed by atoms with Gasteiger partial charge in [-0.15, -0.1) is 0 Å². The molecule has 2 aliphatic rings. The van der Waals surface area contributed by atoms with Crippen molar-refractivity contribution in [2.45, 2.75) is 58.7 Å². The van der Waals surface area contributed by atoms with E-state index in [2.05, 4.69) is 62.7 Å². The Balaban J connectivity index is 1.19. The van der Waals surface area contributed by atoms with Gasteiger partial charge in [-0.05, 0) is 79.9 Å². The molecule has 1 aromatic carbocycles. The number of carbonyl (C=O) groups excluding carboxylic acids is 1. The maximum absolute atomic E-state index is 12.3. The first-order valence-corrected chi connectivity index (χ1v) is 12.2. The Bertz CT molecular complexity index is 855. The van der Waals surface area contributed by atoms with Crippen molar-refractivity contribution in [1.29, 1.82) is 0 Å². The molecule has 2 amide bonds. The fourth-order valence-corrected chi connectivity index (χ4v) is 4.53. The van der Waals surface area contributed by atoms with Gasteiger partial charge in [0, 0.05) is 38.9 Å². The van der Waals surface area contributed by atoms with Crippen molar-refractivity contribution in [2.75, 3.05) is 31.1 Å². The summed E-state index contributed by atoms with van der Waals surface area (Å²) >= 11 is 0. The van der Waals surface area contributed by atoms with Crippen molar-refractivity contribution >= 4 is 11.8 Å². The number of anilines is 1. The quantitative estimate of drug-likeness (QED) is 0.681. The molecule has 0 unspecified atom stereocenters. The van der Waals surface area contributed by atoms with Gasteiger partial charge in [-0.2, -0.15) is 0 Å². The Morgan fingerprint density at radius 1 is 0.906 bits per heavy atom. The van der Waals surface area contributed by atoms with Crippen LogP contribution in [0.25, 0.3) is 0 Å². The molecular formula is C26H37N5O. The molecule has 0 spiro atoms. The van der Waals surface area contributed by atoms with E-state index in [0.29, 0.717) is 13.1 Å². The fourth-order valence-electron chi connectivity index (χ4n) is 4.53. The first-order valence-electron chi connectivity index (χ1n) is 12.2. The summed E-state index contributed by atoms with van der Waals surface area (Å²) < 4.78 is 0. The summed E-state index contributed by atoms with van der Waals surface area (Å²) in [6.45, 7) is 8.93. The van der Waals surface area contributed by atoms with Crippen LogP contribution in [-0.2, 0) is 19.6 Å². The predicted octanol–water partition coefficient (Wildman–Crippen LogP) is 4.30. The summed E-state index contributed by atoms with van der Waals surface area (Å²) in [7, 11) is 0. The van der Waals surface area contributed by atoms with Gasteiger partial charge in [-0.1, -0.05) is 31.2 Å². The van der Waals surface area contributed by atoms with Crippen LogP contribution in [0.5, 0.6) is 0 Å². The lowest BCUT2D eigenvalue weighted by Crippen LogP contribution is -2.34. The highest BCUT2D eigenvalue weighted by Gasteiger charge is 2.15. The molecule has 0 saturated carbocycles. The molecule has 2 aromatic rings. The summed E-state index contributed by atoms with van der Waals surface area (Å²) in [5, 5.41) is 5.93. The molecule has 6 nitrogen and oxygen atoms in total. The van der Waals surface area contributed by atoms with E-state index in [-0.39, 0.29) is 6.03 Å². The third-order valence-electron chi connectivity index (χ3n) is 6.70. The number of aromatic nitrogens is 1. The van der Waals surface area contributed by atoms with Gasteiger partial charge >= 0.3 is 6.03 Å². The lowest BCUT2D eigenvalue weighted by Gasteiger charge is -2.30. The van der Waals surface area contributed by atoms with Crippen LogP contribution in [0.1, 0.15) is 55.7 Å². The van der Waals surface area contributed by atoms with E-state index < -0.39 is 0 Å². The van der Waals surface area contributed by atoms with Gasteiger partial charge in [0.25, 0.3) is 0 Å². The Hall–Kier alpha value is -2.60. The van der Waals surface area contributed by atoms with Crippen LogP contribution in [0, 0.1) is 5.92 Å². The molecule has 2 saturated heterocycles. The van der Waals surface area contributed by atoms with E-state index in [0.717, 1.165) is 42.5 Å². The van der Waals surface area contributed by atoms with Crippen LogP contribution in [0.4, 0.5) is 10.6 Å². The molecule has 2 fully saturated rings. The molecule has 32 heavy (non-hydrogen) atoms. The number of pyridine rings is 1. The Morgan fingerprint density at radius 3 is 2.28 bits per heavy atom. The lowest BCUT2D eigenvalue weighted by molar-refractivity contribution is 0.185. The molecule has 0 aliphatic carbocycles. The molecule has 0 atom stereocenters. The smallest absolute Gasteiger partial charge is 0.315 e. The normalized spacial score (nSPS) is 17.8. The minimum atomic E-state index is -0.146. The van der Waals surface area contributed by atoms with E-state index in [1.165, 1.54) is 50.8 Å². The van der Waals surface area contributed by atoms with Crippen molar-refractivity contribution in [3.8, 4) is 0 Å². The zero-order valence-electron chi connectivity index (χ0n) is 19.4. The first-order chi connectivity index (χ1) is 15.7. The highest BCUT2D eigenvalue weighted by atomic mass is 16.2. The monoisotopic (exact) mass is 435 g/mol. The van der Waals surface area contributed by atoms with Gasteiger partial charge in [0.15, 0.2) is 0 Å². The Labute approximate surface area is 192 Å². The average molecular weight is 436 g/mol. The summed E-state index contributed by atoms with van der Waals surface area (Å²) in [5.41, 5.74) is 3.54. The van der Waals surface area contributed by atoms with E-state index >= 15 is 0 Å². The van der Waals surface area contributed by atoms with Crippen LogP contribution in [0.3, 0.4) is 0 Å². The minimum Gasteiger partial charge on any atom is -0.357 e. The number of piperidine rings is 2. The molecule has 4 rings (SSSR count). The summed E-state index contributed by atoms with van der Waals surface area (Å²) in [5.74, 6) is 1.88. The van der Waals surface area contributed by atoms with Crippen molar-refractivity contribution in [3.05, 3.63) is 59.3 Å². The number of nitrogens with zero attached hydrogens (tertiary/aromatic N) is 3. The molecule has 0 radical (unpaired) electrons. The van der Waals surface area contributed by atoms with E-state index in [4.69, 9.17) is 0 Å². The largest absolute Gasteiger partial charge is 0.357 e. The molecule has 172 valence electrons. The molecular weight excluding hydrogens is 398 g/mol. The Kier molecular flexibility index (Phi) is 7.99. The third kappa shape index (κ3) is 6.70. The number of likely N-dealkylation sites (tertiary alicyclic amines) is 1. The number of hydrogen-bond donors (Lipinski definition) is 2. The second-order valence-corrected chi connectivity index (χ2v) is 9.38. The molecule has 6 heteroatoms. The second-order valence-electron chi connectivity index (χ2n) is 9.38. The Morgan fingerprint density at radius 2 is 1.56 bits per heavy atom. The zero-order chi connectivity index (χ0) is 22.2. The minimum absolute atomic E-state index is 0.146. The first kappa shape index (κ1) is 22.6. The number of nitrogens with one attached hydrogen (secondary N) is 2. The van der Waals surface area contributed by atoms with Crippen molar-refractivity contribution in [2.24, 2.45) is 5.92 Å². The highest BCUT2D eigenvalue weighted by Crippen LogP contribution is 2.19. The van der Waals surface area contributed by atoms with E-state index in [9.17, 15) is 4.79 Å². The standard InChI is InChI=1S/C26H37N5O/c1-21-10-15-30(16-11-21)20-23-7-5-22(6-8-23)18-28-26(32)29-19-24-9-12-27-25(17-24)31-13-3-2-4-14-31/h5-9,12,17,21H,2-4,10-11,13-16,18-20H2,1H3,(H2,28,29,32). The van der Waals surface area contributed by atoms with E-state index in [1.54, 1.807) is 0 Å². The van der Waals surface area contributed by atoms with Crippen molar-refractivity contribution in [1.82, 2.24) is 20.5 Å². The van der Waals surface area contributed by atoms with Gasteiger partial charge in [0.05, 0.1) is 0 Å². The number of hydrogen-bond acceptors (Lipinski definition) is 4. The number of carbonyl (C=O) groups is 1. The molecule has 1 aromatic heterocycles. The van der Waals surface area contributed by atoms with Gasteiger partial charge in [0.2, 0.25) is 0 Å². The maximum Gasteiger partial charge on any atom is 0.315 e. The fraction of sp³-hybridized carbons (Fsp3) is 0.538. The van der Waals surface area contributed by atoms with Gasteiger partial charge in [-0.3, -0.25) is 4.90 Å². The molecule has 3 heterocycles. The van der Waals surface area contributed by atoms with Gasteiger partial charge in [-0.25, -0.2) is 9.78 Å². The summed E-state index contributed by atoms with van der Waals surface area (Å²) in [4.78, 5) is 21.7. The van der Waals surface area contributed by atoms with Crippen molar-refractivity contribution < 1.29 is 4.79 Å². The van der Waals surface area contributed by atoms with Gasteiger partial charge in [0.1, 0.15) is 5.82 Å². The maximum atomic E-state index is 12.3. The van der Waals surface area contributed by atoms with Crippen molar-refractivity contribution in [3.63, 3.8) is 0 Å². The van der Waals surface area contributed by atoms with E-state index in [1.807, 2.05) is 12.3 Å². The number of rotatable bonds is 7. The molecule has 2 N–H and O–H groups in total. The lowest BCUT2D eigenvalue weighted by atomic mass is 9.99. The second kappa shape index (κ2) is 11.3. The van der Waals surface area contributed by atoms with Crippen LogP contribution in [0.2, 0.25) is 0 Å². The topological polar surface area (TPSA) is 60.5 Å². The number of benzene rings is 1. The predicted molar refractivity (Wildman–Crippen MR) is 129 cm³/mol.